The molecule has 34 heavy (non-hydrogen) atoms. The first-order valence-corrected chi connectivity index (χ1v) is 12.5. The maximum atomic E-state index is 13.7. The molecule has 5 rings (SSSR count). The lowest BCUT2D eigenvalue weighted by molar-refractivity contribution is 0.660. The molecule has 0 aliphatic rings. The summed E-state index contributed by atoms with van der Waals surface area (Å²) in [5.41, 5.74) is 5.84. The Morgan fingerprint density at radius 1 is 0.559 bits per heavy atom. The highest BCUT2D eigenvalue weighted by atomic mass is 16.1. The van der Waals surface area contributed by atoms with E-state index in [4.69, 9.17) is 0 Å². The van der Waals surface area contributed by atoms with Crippen LogP contribution in [-0.2, 0) is 13.1 Å². The number of benzene rings is 3. The van der Waals surface area contributed by atoms with Crippen molar-refractivity contribution in [2.75, 3.05) is 0 Å². The van der Waals surface area contributed by atoms with Gasteiger partial charge in [0, 0.05) is 34.6 Å². The van der Waals surface area contributed by atoms with Gasteiger partial charge in [-0.2, -0.15) is 0 Å². The van der Waals surface area contributed by atoms with Gasteiger partial charge in [-0.3, -0.25) is 9.59 Å². The zero-order valence-electron chi connectivity index (χ0n) is 20.6. The van der Waals surface area contributed by atoms with Crippen LogP contribution in [0.4, 0.5) is 0 Å². The SMILES string of the molecule is CCCCn1c2ccc(C)cc2c(=O)c2cc3c(cc21)c(=O)c1cc(C)ccc1n3CCCC. The van der Waals surface area contributed by atoms with Gasteiger partial charge >= 0.3 is 0 Å². The fraction of sp³-hybridized carbons (Fsp3) is 0.333. The highest BCUT2D eigenvalue weighted by Gasteiger charge is 2.17. The van der Waals surface area contributed by atoms with E-state index in [1.165, 1.54) is 0 Å². The van der Waals surface area contributed by atoms with Crippen LogP contribution < -0.4 is 10.9 Å². The number of aromatic nitrogens is 2. The van der Waals surface area contributed by atoms with Crippen LogP contribution in [-0.4, -0.2) is 9.13 Å². The molecule has 5 aromatic rings. The van der Waals surface area contributed by atoms with E-state index in [9.17, 15) is 9.59 Å². The lowest BCUT2D eigenvalue weighted by Crippen LogP contribution is -2.16. The van der Waals surface area contributed by atoms with Crippen molar-refractivity contribution in [1.29, 1.82) is 0 Å². The minimum atomic E-state index is 0.0434. The predicted octanol–water partition coefficient (Wildman–Crippen LogP) is 6.84. The van der Waals surface area contributed by atoms with Crippen LogP contribution in [0.15, 0.2) is 58.1 Å². The van der Waals surface area contributed by atoms with Crippen LogP contribution in [0, 0.1) is 13.8 Å². The molecule has 0 unspecified atom stereocenters. The van der Waals surface area contributed by atoms with Gasteiger partial charge in [0.15, 0.2) is 10.9 Å². The molecule has 0 aliphatic heterocycles. The van der Waals surface area contributed by atoms with Gasteiger partial charge < -0.3 is 9.13 Å². The normalized spacial score (nSPS) is 11.9. The molecule has 0 amide bonds. The molecule has 2 heterocycles. The second-order valence-corrected chi connectivity index (χ2v) is 9.60. The van der Waals surface area contributed by atoms with Crippen LogP contribution in [0.1, 0.15) is 50.7 Å². The van der Waals surface area contributed by atoms with E-state index < -0.39 is 0 Å². The van der Waals surface area contributed by atoms with E-state index in [0.717, 1.165) is 82.7 Å². The third-order valence-corrected chi connectivity index (χ3v) is 7.03. The molecule has 174 valence electrons. The Kier molecular flexibility index (Phi) is 5.76. The number of hydrogen-bond donors (Lipinski definition) is 0. The van der Waals surface area contributed by atoms with Crippen molar-refractivity contribution < 1.29 is 0 Å². The van der Waals surface area contributed by atoms with Gasteiger partial charge in [-0.25, -0.2) is 0 Å². The van der Waals surface area contributed by atoms with Crippen LogP contribution in [0.3, 0.4) is 0 Å². The molecule has 0 radical (unpaired) electrons. The number of aryl methyl sites for hydroxylation is 4. The highest BCUT2D eigenvalue weighted by molar-refractivity contribution is 6.03. The maximum Gasteiger partial charge on any atom is 0.197 e. The van der Waals surface area contributed by atoms with Gasteiger partial charge in [0.25, 0.3) is 0 Å². The van der Waals surface area contributed by atoms with E-state index >= 15 is 0 Å². The number of rotatable bonds is 6. The van der Waals surface area contributed by atoms with Crippen molar-refractivity contribution in [3.8, 4) is 0 Å². The molecule has 4 nitrogen and oxygen atoms in total. The highest BCUT2D eigenvalue weighted by Crippen LogP contribution is 2.27. The largest absolute Gasteiger partial charge is 0.340 e. The third kappa shape index (κ3) is 3.53. The molecule has 0 saturated carbocycles. The smallest absolute Gasteiger partial charge is 0.197 e. The topological polar surface area (TPSA) is 44.0 Å². The number of fused-ring (bicyclic) bond motifs is 4. The monoisotopic (exact) mass is 452 g/mol. The summed E-state index contributed by atoms with van der Waals surface area (Å²) >= 11 is 0. The Morgan fingerprint density at radius 2 is 0.941 bits per heavy atom. The Hall–Kier alpha value is -3.40. The number of unbranched alkanes of at least 4 members (excludes halogenated alkanes) is 2. The van der Waals surface area contributed by atoms with Gasteiger partial charge in [-0.1, -0.05) is 49.9 Å². The van der Waals surface area contributed by atoms with Crippen LogP contribution in [0.5, 0.6) is 0 Å². The van der Waals surface area contributed by atoms with Crippen molar-refractivity contribution in [1.82, 2.24) is 9.13 Å². The summed E-state index contributed by atoms with van der Waals surface area (Å²) < 4.78 is 4.48. The average molecular weight is 453 g/mol. The Morgan fingerprint density at radius 3 is 1.32 bits per heavy atom. The van der Waals surface area contributed by atoms with Crippen molar-refractivity contribution in [2.24, 2.45) is 0 Å². The predicted molar refractivity (Wildman–Crippen MR) is 144 cm³/mol. The van der Waals surface area contributed by atoms with E-state index in [2.05, 4.69) is 47.2 Å². The third-order valence-electron chi connectivity index (χ3n) is 7.03. The van der Waals surface area contributed by atoms with E-state index in [1.54, 1.807) is 0 Å². The first-order chi connectivity index (χ1) is 16.4. The Bertz CT molecular complexity index is 1560. The summed E-state index contributed by atoms with van der Waals surface area (Å²) in [5.74, 6) is 0. The molecule has 2 aromatic heterocycles. The Balaban J connectivity index is 2.00. The molecule has 3 aromatic carbocycles. The summed E-state index contributed by atoms with van der Waals surface area (Å²) in [5, 5.41) is 2.89. The second kappa shape index (κ2) is 8.75. The first kappa shape index (κ1) is 22.4. The van der Waals surface area contributed by atoms with Crippen molar-refractivity contribution in [3.63, 3.8) is 0 Å². The minimum Gasteiger partial charge on any atom is -0.340 e. The molecule has 0 atom stereocenters. The summed E-state index contributed by atoms with van der Waals surface area (Å²) in [6.07, 6.45) is 4.14. The van der Waals surface area contributed by atoms with Gasteiger partial charge in [-0.05, 0) is 63.1 Å². The summed E-state index contributed by atoms with van der Waals surface area (Å²) in [6.45, 7) is 10.0. The molecular weight excluding hydrogens is 420 g/mol. The Labute approximate surface area is 199 Å². The van der Waals surface area contributed by atoms with Crippen LogP contribution >= 0.6 is 0 Å². The van der Waals surface area contributed by atoms with Crippen LogP contribution in [0.25, 0.3) is 43.6 Å². The van der Waals surface area contributed by atoms with Crippen molar-refractivity contribution in [3.05, 3.63) is 80.1 Å². The molecule has 0 fully saturated rings. The second-order valence-electron chi connectivity index (χ2n) is 9.60. The molecular formula is C30H32N2O2. The maximum absolute atomic E-state index is 13.7. The van der Waals surface area contributed by atoms with E-state index in [1.807, 2.05) is 38.1 Å². The molecule has 0 spiro atoms. The zero-order chi connectivity index (χ0) is 24.0. The number of hydrogen-bond acceptors (Lipinski definition) is 2. The molecule has 0 bridgehead atoms. The average Bonchev–Trinajstić information content (AvgIpc) is 2.84. The lowest BCUT2D eigenvalue weighted by Gasteiger charge is -2.19. The standard InChI is InChI=1S/C30H32N2O2/c1-5-7-13-31-25-11-9-19(3)15-21(25)29(33)23-18-28-24(17-27(23)31)30(34)22-16-20(4)10-12-26(22)32(28)14-8-6-2/h9-12,15-18H,5-8,13-14H2,1-4H3. The molecule has 0 N–H and O–H groups in total. The zero-order valence-corrected chi connectivity index (χ0v) is 20.6. The van der Waals surface area contributed by atoms with Gasteiger partial charge in [0.05, 0.1) is 22.1 Å². The van der Waals surface area contributed by atoms with E-state index in [-0.39, 0.29) is 10.9 Å². The van der Waals surface area contributed by atoms with E-state index in [0.29, 0.717) is 10.8 Å². The van der Waals surface area contributed by atoms with Crippen LogP contribution in [0.2, 0.25) is 0 Å². The molecule has 4 heteroatoms. The van der Waals surface area contributed by atoms with Crippen molar-refractivity contribution >= 4 is 43.6 Å². The lowest BCUT2D eigenvalue weighted by atomic mass is 10.0. The van der Waals surface area contributed by atoms with Gasteiger partial charge in [0.1, 0.15) is 0 Å². The fourth-order valence-electron chi connectivity index (χ4n) is 5.19. The summed E-state index contributed by atoms with van der Waals surface area (Å²) in [7, 11) is 0. The number of nitrogens with zero attached hydrogens (tertiary/aromatic N) is 2. The van der Waals surface area contributed by atoms with Gasteiger partial charge in [0.2, 0.25) is 0 Å². The summed E-state index contributed by atoms with van der Waals surface area (Å²) in [6, 6.07) is 16.2. The van der Waals surface area contributed by atoms with Crippen molar-refractivity contribution in [2.45, 2.75) is 66.5 Å². The fourth-order valence-corrected chi connectivity index (χ4v) is 5.19. The first-order valence-electron chi connectivity index (χ1n) is 12.5. The minimum absolute atomic E-state index is 0.0434. The summed E-state index contributed by atoms with van der Waals surface area (Å²) in [4.78, 5) is 27.5. The quantitative estimate of drug-likeness (QED) is 0.265. The van der Waals surface area contributed by atoms with Gasteiger partial charge in [-0.15, -0.1) is 0 Å². The number of pyridine rings is 2. The molecule has 0 aliphatic carbocycles. The molecule has 0 saturated heterocycles.